The maximum Gasteiger partial charge on any atom is 0.168 e. The van der Waals surface area contributed by atoms with Crippen molar-refractivity contribution < 1.29 is 13.5 Å². The first-order valence-corrected chi connectivity index (χ1v) is 5.92. The topological polar surface area (TPSA) is 34.2 Å². The number of nitrogens with zero attached hydrogens (tertiary/aromatic N) is 1. The predicted octanol–water partition coefficient (Wildman–Crippen LogP) is 2.73. The molecule has 1 aromatic rings. The summed E-state index contributed by atoms with van der Waals surface area (Å²) in [5.41, 5.74) is 0. The molecule has 0 radical (unpaired) electrons. The first-order chi connectivity index (χ1) is 8.25. The lowest BCUT2D eigenvalue weighted by molar-refractivity contribution is 0.0658. The summed E-state index contributed by atoms with van der Waals surface area (Å²) in [6, 6.07) is 0.813. The molecule has 0 bridgehead atoms. The zero-order valence-electron chi connectivity index (χ0n) is 9.59. The summed E-state index contributed by atoms with van der Waals surface area (Å²) in [5.74, 6) is -1.28. The summed E-state index contributed by atoms with van der Waals surface area (Å²) in [5, 5.41) is 2.79. The Morgan fingerprint density at radius 2 is 2.12 bits per heavy atom. The van der Waals surface area contributed by atoms with Crippen molar-refractivity contribution in [1.82, 2.24) is 4.98 Å². The first kappa shape index (κ1) is 12.2. The third-order valence-corrected chi connectivity index (χ3v) is 2.86. The number of nitrogens with one attached hydrogen (secondary N) is 1. The van der Waals surface area contributed by atoms with Crippen LogP contribution in [0, 0.1) is 11.6 Å². The van der Waals surface area contributed by atoms with E-state index in [2.05, 4.69) is 10.3 Å². The van der Waals surface area contributed by atoms with Crippen molar-refractivity contribution in [3.05, 3.63) is 23.9 Å². The monoisotopic (exact) mass is 242 g/mol. The molecule has 1 heterocycles. The Labute approximate surface area is 99.2 Å². The van der Waals surface area contributed by atoms with E-state index in [1.807, 2.05) is 0 Å². The summed E-state index contributed by atoms with van der Waals surface area (Å²) >= 11 is 0. The third-order valence-electron chi connectivity index (χ3n) is 2.86. The van der Waals surface area contributed by atoms with E-state index >= 15 is 0 Å². The molecule has 1 saturated carbocycles. The molecular weight excluding hydrogens is 226 g/mol. The van der Waals surface area contributed by atoms with Crippen molar-refractivity contribution >= 4 is 5.82 Å². The first-order valence-electron chi connectivity index (χ1n) is 5.92. The Morgan fingerprint density at radius 1 is 1.35 bits per heavy atom. The molecule has 0 unspecified atom stereocenters. The number of rotatable bonds is 5. The highest BCUT2D eigenvalue weighted by Crippen LogP contribution is 2.20. The third kappa shape index (κ3) is 3.63. The lowest BCUT2D eigenvalue weighted by Gasteiger charge is -2.11. The molecule has 1 fully saturated rings. The molecule has 17 heavy (non-hydrogen) atoms. The number of pyridine rings is 1. The molecule has 1 aromatic heterocycles. The minimum absolute atomic E-state index is 0.0708. The standard InChI is InChI=1S/C12H16F2N2O/c13-9-7-11(14)12(16-8-9)15-5-6-17-10-3-1-2-4-10/h7-8,10H,1-6H2,(H,15,16). The molecule has 1 N–H and O–H groups in total. The minimum Gasteiger partial charge on any atom is -0.376 e. The van der Waals surface area contributed by atoms with Crippen LogP contribution in [0.3, 0.4) is 0 Å². The SMILES string of the molecule is Fc1cnc(NCCOC2CCCC2)c(F)c1. The molecule has 0 amide bonds. The predicted molar refractivity (Wildman–Crippen MR) is 60.9 cm³/mol. The summed E-state index contributed by atoms with van der Waals surface area (Å²) in [6.07, 6.45) is 6.02. The van der Waals surface area contributed by atoms with Gasteiger partial charge in [-0.3, -0.25) is 0 Å². The Kier molecular flexibility index (Phi) is 4.25. The van der Waals surface area contributed by atoms with Crippen molar-refractivity contribution in [2.24, 2.45) is 0 Å². The highest BCUT2D eigenvalue weighted by Gasteiger charge is 2.14. The normalized spacial score (nSPS) is 16.4. The van der Waals surface area contributed by atoms with Crippen LogP contribution in [0.1, 0.15) is 25.7 Å². The van der Waals surface area contributed by atoms with Gasteiger partial charge >= 0.3 is 0 Å². The molecular formula is C12H16F2N2O. The molecule has 0 atom stereocenters. The number of anilines is 1. The highest BCUT2D eigenvalue weighted by atomic mass is 19.1. The average Bonchev–Trinajstić information content (AvgIpc) is 2.79. The lowest BCUT2D eigenvalue weighted by atomic mass is 10.3. The van der Waals surface area contributed by atoms with Crippen molar-refractivity contribution in [2.45, 2.75) is 31.8 Å². The maximum absolute atomic E-state index is 13.2. The van der Waals surface area contributed by atoms with Crippen molar-refractivity contribution in [3.8, 4) is 0 Å². The number of hydrogen-bond donors (Lipinski definition) is 1. The van der Waals surface area contributed by atoms with Crippen LogP contribution in [0.15, 0.2) is 12.3 Å². The smallest absolute Gasteiger partial charge is 0.168 e. The van der Waals surface area contributed by atoms with Crippen molar-refractivity contribution in [1.29, 1.82) is 0 Å². The van der Waals surface area contributed by atoms with Gasteiger partial charge in [-0.25, -0.2) is 13.8 Å². The van der Waals surface area contributed by atoms with E-state index in [9.17, 15) is 8.78 Å². The van der Waals surface area contributed by atoms with Gasteiger partial charge in [0, 0.05) is 12.6 Å². The van der Waals surface area contributed by atoms with Gasteiger partial charge in [0.25, 0.3) is 0 Å². The lowest BCUT2D eigenvalue weighted by Crippen LogP contribution is -2.16. The van der Waals surface area contributed by atoms with Crippen molar-refractivity contribution in [2.75, 3.05) is 18.5 Å². The van der Waals surface area contributed by atoms with Crippen LogP contribution in [0.5, 0.6) is 0 Å². The van der Waals surface area contributed by atoms with E-state index in [4.69, 9.17) is 4.74 Å². The number of aromatic nitrogens is 1. The molecule has 1 aliphatic carbocycles. The highest BCUT2D eigenvalue weighted by molar-refractivity contribution is 5.35. The van der Waals surface area contributed by atoms with Gasteiger partial charge in [-0.05, 0) is 12.8 Å². The summed E-state index contributed by atoms with van der Waals surface area (Å²) in [7, 11) is 0. The number of ether oxygens (including phenoxy) is 1. The molecule has 0 aromatic carbocycles. The van der Waals surface area contributed by atoms with Gasteiger partial charge in [0.2, 0.25) is 0 Å². The Balaban J connectivity index is 1.70. The van der Waals surface area contributed by atoms with Crippen LogP contribution in [0.4, 0.5) is 14.6 Å². The van der Waals surface area contributed by atoms with Crippen LogP contribution < -0.4 is 5.32 Å². The van der Waals surface area contributed by atoms with Gasteiger partial charge < -0.3 is 10.1 Å². The Bertz CT molecular complexity index is 368. The van der Waals surface area contributed by atoms with Crippen LogP contribution in [-0.4, -0.2) is 24.2 Å². The zero-order chi connectivity index (χ0) is 12.1. The van der Waals surface area contributed by atoms with E-state index in [1.165, 1.54) is 12.8 Å². The van der Waals surface area contributed by atoms with Gasteiger partial charge in [0.1, 0.15) is 5.82 Å². The quantitative estimate of drug-likeness (QED) is 0.806. The van der Waals surface area contributed by atoms with E-state index < -0.39 is 11.6 Å². The molecule has 1 aliphatic rings. The largest absolute Gasteiger partial charge is 0.376 e. The van der Waals surface area contributed by atoms with E-state index in [-0.39, 0.29) is 5.82 Å². The molecule has 0 aliphatic heterocycles. The fraction of sp³-hybridized carbons (Fsp3) is 0.583. The fourth-order valence-corrected chi connectivity index (χ4v) is 1.99. The minimum atomic E-state index is -0.675. The van der Waals surface area contributed by atoms with Crippen LogP contribution in [0.2, 0.25) is 0 Å². The van der Waals surface area contributed by atoms with Crippen LogP contribution in [-0.2, 0) is 4.74 Å². The molecule has 0 spiro atoms. The van der Waals surface area contributed by atoms with Gasteiger partial charge in [0.05, 0.1) is 18.9 Å². The second-order valence-corrected chi connectivity index (χ2v) is 4.19. The van der Waals surface area contributed by atoms with Gasteiger partial charge in [-0.15, -0.1) is 0 Å². The molecule has 3 nitrogen and oxygen atoms in total. The van der Waals surface area contributed by atoms with Gasteiger partial charge in [0.15, 0.2) is 11.6 Å². The van der Waals surface area contributed by atoms with E-state index in [0.29, 0.717) is 19.3 Å². The zero-order valence-corrected chi connectivity index (χ0v) is 9.59. The number of halogens is 2. The Hall–Kier alpha value is -1.23. The summed E-state index contributed by atoms with van der Waals surface area (Å²) in [6.45, 7) is 0.995. The van der Waals surface area contributed by atoms with Crippen LogP contribution >= 0.6 is 0 Å². The molecule has 5 heteroatoms. The van der Waals surface area contributed by atoms with Gasteiger partial charge in [-0.2, -0.15) is 0 Å². The van der Waals surface area contributed by atoms with Gasteiger partial charge in [-0.1, -0.05) is 12.8 Å². The molecule has 94 valence electrons. The van der Waals surface area contributed by atoms with E-state index in [1.54, 1.807) is 0 Å². The van der Waals surface area contributed by atoms with E-state index in [0.717, 1.165) is 25.1 Å². The average molecular weight is 242 g/mol. The summed E-state index contributed by atoms with van der Waals surface area (Å²) in [4.78, 5) is 3.63. The number of hydrogen-bond acceptors (Lipinski definition) is 3. The Morgan fingerprint density at radius 3 is 2.82 bits per heavy atom. The van der Waals surface area contributed by atoms with Crippen LogP contribution in [0.25, 0.3) is 0 Å². The molecule has 0 saturated heterocycles. The maximum atomic E-state index is 13.2. The van der Waals surface area contributed by atoms with Crippen molar-refractivity contribution in [3.63, 3.8) is 0 Å². The summed E-state index contributed by atoms with van der Waals surface area (Å²) < 4.78 is 31.4. The second-order valence-electron chi connectivity index (χ2n) is 4.19. The second kappa shape index (κ2) is 5.91. The molecule has 2 rings (SSSR count). The fourth-order valence-electron chi connectivity index (χ4n) is 1.99.